The highest BCUT2D eigenvalue weighted by molar-refractivity contribution is 6.41. The monoisotopic (exact) mass is 453 g/mol. The van der Waals surface area contributed by atoms with Crippen LogP contribution in [0.25, 0.3) is 22.2 Å². The molecule has 164 valence electrons. The molecule has 0 fully saturated rings. The predicted octanol–water partition coefficient (Wildman–Crippen LogP) is 6.08. The van der Waals surface area contributed by atoms with Crippen LogP contribution in [0.5, 0.6) is 11.5 Å². The summed E-state index contributed by atoms with van der Waals surface area (Å²) in [5, 5.41) is 4.40. The zero-order valence-electron chi connectivity index (χ0n) is 18.4. The van der Waals surface area contributed by atoms with Gasteiger partial charge in [0.25, 0.3) is 0 Å². The van der Waals surface area contributed by atoms with Gasteiger partial charge in [0.2, 0.25) is 5.95 Å². The summed E-state index contributed by atoms with van der Waals surface area (Å²) in [6.07, 6.45) is 2.86. The van der Waals surface area contributed by atoms with E-state index in [1.54, 1.807) is 25.4 Å². The van der Waals surface area contributed by atoms with Gasteiger partial charge < -0.3 is 20.5 Å². The normalized spacial score (nSPS) is 9.77. The van der Waals surface area contributed by atoms with E-state index in [1.165, 1.54) is 20.6 Å². The van der Waals surface area contributed by atoms with Crippen molar-refractivity contribution in [1.29, 1.82) is 0 Å². The second kappa shape index (κ2) is 12.2. The molecule has 0 saturated heterocycles. The third-order valence-corrected chi connectivity index (χ3v) is 4.40. The van der Waals surface area contributed by atoms with Gasteiger partial charge in [0.15, 0.2) is 5.82 Å². The van der Waals surface area contributed by atoms with E-state index in [9.17, 15) is 0 Å². The molecule has 0 radical (unpaired) electrons. The number of pyridine rings is 1. The second-order valence-electron chi connectivity index (χ2n) is 5.76. The molecule has 1 aromatic carbocycles. The van der Waals surface area contributed by atoms with E-state index >= 15 is 0 Å². The van der Waals surface area contributed by atoms with Crippen molar-refractivity contribution in [2.24, 2.45) is 0 Å². The van der Waals surface area contributed by atoms with Crippen molar-refractivity contribution in [3.63, 3.8) is 0 Å². The Morgan fingerprint density at radius 1 is 1.00 bits per heavy atom. The van der Waals surface area contributed by atoms with Crippen LogP contribution >= 0.6 is 23.2 Å². The van der Waals surface area contributed by atoms with Crippen molar-refractivity contribution in [2.75, 3.05) is 32.3 Å². The Hall–Kier alpha value is -2.51. The topological polar surface area (TPSA) is 95.2 Å². The minimum atomic E-state index is 0.165. The summed E-state index contributed by atoms with van der Waals surface area (Å²) in [4.78, 5) is 12.8. The van der Waals surface area contributed by atoms with Crippen LogP contribution < -0.4 is 20.5 Å². The molecular formula is C21H29Cl2N5O2. The maximum absolute atomic E-state index is 6.47. The van der Waals surface area contributed by atoms with Crippen molar-refractivity contribution in [3.8, 4) is 22.8 Å². The quantitative estimate of drug-likeness (QED) is 0.493. The number of fused-ring (bicyclic) bond motifs is 1. The van der Waals surface area contributed by atoms with E-state index in [0.717, 1.165) is 5.39 Å². The molecule has 0 bridgehead atoms. The number of hydrogen-bond acceptors (Lipinski definition) is 7. The SMILES string of the molecule is CC.CCC.CNc1nc(-c2c(Cl)c(OC)cc(OC)c2Cl)cc2cnc(N)nc12. The summed E-state index contributed by atoms with van der Waals surface area (Å²) in [7, 11) is 4.77. The van der Waals surface area contributed by atoms with Crippen LogP contribution in [0.2, 0.25) is 10.0 Å². The lowest BCUT2D eigenvalue weighted by molar-refractivity contribution is 0.395. The van der Waals surface area contributed by atoms with Crippen LogP contribution in [0.1, 0.15) is 34.1 Å². The molecular weight excluding hydrogens is 425 g/mol. The number of nitrogens with two attached hydrogens (primary N) is 1. The molecule has 0 amide bonds. The third-order valence-electron chi connectivity index (χ3n) is 3.65. The number of benzene rings is 1. The van der Waals surface area contributed by atoms with E-state index in [-0.39, 0.29) is 5.95 Å². The van der Waals surface area contributed by atoms with Crippen molar-refractivity contribution >= 4 is 45.9 Å². The fraction of sp³-hybridized carbons (Fsp3) is 0.381. The highest BCUT2D eigenvalue weighted by Gasteiger charge is 2.21. The van der Waals surface area contributed by atoms with Gasteiger partial charge in [0.05, 0.1) is 30.0 Å². The Bertz CT molecular complexity index is 955. The van der Waals surface area contributed by atoms with E-state index in [2.05, 4.69) is 34.1 Å². The number of nitrogens with one attached hydrogen (secondary N) is 1. The Labute approximate surface area is 187 Å². The highest BCUT2D eigenvalue weighted by Crippen LogP contribution is 2.46. The molecule has 3 N–H and O–H groups in total. The van der Waals surface area contributed by atoms with Gasteiger partial charge in [0.1, 0.15) is 17.0 Å². The molecule has 3 rings (SSSR count). The molecule has 0 aliphatic heterocycles. The highest BCUT2D eigenvalue weighted by atomic mass is 35.5. The van der Waals surface area contributed by atoms with Gasteiger partial charge in [-0.1, -0.05) is 57.3 Å². The zero-order chi connectivity index (χ0) is 22.8. The number of rotatable bonds is 4. The van der Waals surface area contributed by atoms with Crippen LogP contribution in [-0.2, 0) is 0 Å². The molecule has 9 heteroatoms. The minimum Gasteiger partial charge on any atom is -0.495 e. The Kier molecular flexibility index (Phi) is 10.4. The van der Waals surface area contributed by atoms with Crippen LogP contribution in [0.3, 0.4) is 0 Å². The van der Waals surface area contributed by atoms with Crippen LogP contribution in [0, 0.1) is 0 Å². The van der Waals surface area contributed by atoms with Crippen molar-refractivity contribution < 1.29 is 9.47 Å². The fourth-order valence-electron chi connectivity index (χ4n) is 2.47. The maximum atomic E-state index is 6.47. The second-order valence-corrected chi connectivity index (χ2v) is 6.52. The lowest BCUT2D eigenvalue weighted by Crippen LogP contribution is -2.02. The van der Waals surface area contributed by atoms with Crippen molar-refractivity contribution in [2.45, 2.75) is 34.1 Å². The standard InChI is InChI=1S/C16H15Cl2N5O2.C3H8.C2H6/c1-20-15-14-7(6-21-16(19)23-14)4-8(22-15)11-12(17)9(24-2)5-10(25-3)13(11)18;1-3-2;1-2/h4-6H,1-3H3,(H,20,22)(H2,19,21,23);3H2,1-2H3;1-2H3. The van der Waals surface area contributed by atoms with Gasteiger partial charge in [-0.3, -0.25) is 0 Å². The molecule has 3 aromatic rings. The Balaban J connectivity index is 0.000000826. The van der Waals surface area contributed by atoms with E-state index in [1.807, 2.05) is 13.8 Å². The van der Waals surface area contributed by atoms with Crippen LogP contribution in [-0.4, -0.2) is 36.2 Å². The summed E-state index contributed by atoms with van der Waals surface area (Å²) >= 11 is 12.9. The Morgan fingerprint density at radius 3 is 2.00 bits per heavy atom. The summed E-state index contributed by atoms with van der Waals surface area (Å²) in [6.45, 7) is 8.25. The number of halogens is 2. The van der Waals surface area contributed by atoms with Gasteiger partial charge in [-0.25, -0.2) is 15.0 Å². The first-order valence-electron chi connectivity index (χ1n) is 9.63. The average Bonchev–Trinajstić information content (AvgIpc) is 2.75. The third kappa shape index (κ3) is 5.55. The van der Waals surface area contributed by atoms with E-state index in [0.29, 0.717) is 44.1 Å². The van der Waals surface area contributed by atoms with Gasteiger partial charge in [-0.2, -0.15) is 0 Å². The summed E-state index contributed by atoms with van der Waals surface area (Å²) in [5.41, 5.74) is 7.29. The number of nitrogen functional groups attached to an aromatic ring is 1. The van der Waals surface area contributed by atoms with E-state index in [4.69, 9.17) is 38.4 Å². The fourth-order valence-corrected chi connectivity index (χ4v) is 3.16. The summed E-state index contributed by atoms with van der Waals surface area (Å²) in [6, 6.07) is 3.40. The lowest BCUT2D eigenvalue weighted by Gasteiger charge is -2.15. The summed E-state index contributed by atoms with van der Waals surface area (Å²) < 4.78 is 10.6. The molecule has 0 saturated carbocycles. The van der Waals surface area contributed by atoms with Gasteiger partial charge >= 0.3 is 0 Å². The van der Waals surface area contributed by atoms with Crippen molar-refractivity contribution in [1.82, 2.24) is 15.0 Å². The zero-order valence-corrected chi connectivity index (χ0v) is 19.9. The molecule has 0 aliphatic rings. The van der Waals surface area contributed by atoms with Gasteiger partial charge in [-0.15, -0.1) is 0 Å². The molecule has 0 spiro atoms. The number of ether oxygens (including phenoxy) is 2. The molecule has 7 nitrogen and oxygen atoms in total. The average molecular weight is 454 g/mol. The molecule has 30 heavy (non-hydrogen) atoms. The van der Waals surface area contributed by atoms with Gasteiger partial charge in [0, 0.05) is 30.3 Å². The largest absolute Gasteiger partial charge is 0.495 e. The van der Waals surface area contributed by atoms with Crippen LogP contribution in [0.4, 0.5) is 11.8 Å². The number of aromatic nitrogens is 3. The minimum absolute atomic E-state index is 0.165. The lowest BCUT2D eigenvalue weighted by atomic mass is 10.1. The first-order valence-corrected chi connectivity index (χ1v) is 10.4. The molecule has 0 aliphatic carbocycles. The molecule has 2 aromatic heterocycles. The molecule has 0 atom stereocenters. The van der Waals surface area contributed by atoms with Crippen molar-refractivity contribution in [3.05, 3.63) is 28.4 Å². The first kappa shape index (κ1) is 25.5. The Morgan fingerprint density at radius 2 is 1.53 bits per heavy atom. The maximum Gasteiger partial charge on any atom is 0.220 e. The number of hydrogen-bond donors (Lipinski definition) is 2. The smallest absolute Gasteiger partial charge is 0.220 e. The number of nitrogens with zero attached hydrogens (tertiary/aromatic N) is 3. The first-order chi connectivity index (χ1) is 14.4. The predicted molar refractivity (Wildman–Crippen MR) is 127 cm³/mol. The van der Waals surface area contributed by atoms with Crippen LogP contribution in [0.15, 0.2) is 18.3 Å². The van der Waals surface area contributed by atoms with Gasteiger partial charge in [-0.05, 0) is 6.07 Å². The number of anilines is 2. The molecule has 2 heterocycles. The molecule has 0 unspecified atom stereocenters. The summed E-state index contributed by atoms with van der Waals surface area (Å²) in [5.74, 6) is 1.55. The number of methoxy groups -OCH3 is 2. The van der Waals surface area contributed by atoms with E-state index < -0.39 is 0 Å².